The molecular weight excluding hydrogens is 412 g/mol. The van der Waals surface area contributed by atoms with Crippen molar-refractivity contribution in [3.63, 3.8) is 0 Å². The molecule has 150 valence electrons. The molecule has 0 aliphatic carbocycles. The van der Waals surface area contributed by atoms with Gasteiger partial charge in [0.2, 0.25) is 5.91 Å². The van der Waals surface area contributed by atoms with Crippen LogP contribution in [0, 0.1) is 0 Å². The summed E-state index contributed by atoms with van der Waals surface area (Å²) in [5, 5.41) is 6.22. The van der Waals surface area contributed by atoms with E-state index < -0.39 is 9.84 Å². The van der Waals surface area contributed by atoms with Gasteiger partial charge in [0.25, 0.3) is 0 Å². The first-order valence-electron chi connectivity index (χ1n) is 8.67. The molecule has 0 saturated carbocycles. The van der Waals surface area contributed by atoms with E-state index in [0.717, 1.165) is 6.26 Å². The number of benzene rings is 3. The van der Waals surface area contributed by atoms with E-state index in [-0.39, 0.29) is 17.3 Å². The molecule has 0 bridgehead atoms. The Balaban J connectivity index is 1.64. The van der Waals surface area contributed by atoms with Crippen LogP contribution in [0.5, 0.6) is 11.5 Å². The van der Waals surface area contributed by atoms with Gasteiger partial charge in [-0.1, -0.05) is 29.8 Å². The number of ether oxygens (including phenoxy) is 1. The predicted octanol–water partition coefficient (Wildman–Crippen LogP) is 4.59. The zero-order valence-electron chi connectivity index (χ0n) is 15.6. The second-order valence-electron chi connectivity index (χ2n) is 6.25. The molecule has 0 fully saturated rings. The third-order valence-electron chi connectivity index (χ3n) is 3.92. The minimum absolute atomic E-state index is 0.0285. The van der Waals surface area contributed by atoms with Gasteiger partial charge < -0.3 is 15.4 Å². The highest BCUT2D eigenvalue weighted by molar-refractivity contribution is 7.90. The van der Waals surface area contributed by atoms with Crippen molar-refractivity contribution in [3.05, 3.63) is 77.8 Å². The maximum Gasteiger partial charge on any atom is 0.243 e. The van der Waals surface area contributed by atoms with Gasteiger partial charge >= 0.3 is 0 Å². The van der Waals surface area contributed by atoms with E-state index in [0.29, 0.717) is 27.9 Å². The smallest absolute Gasteiger partial charge is 0.243 e. The largest absolute Gasteiger partial charge is 0.455 e. The molecule has 2 N–H and O–H groups in total. The van der Waals surface area contributed by atoms with Crippen LogP contribution >= 0.6 is 11.6 Å². The van der Waals surface area contributed by atoms with Crippen molar-refractivity contribution in [2.45, 2.75) is 4.90 Å². The summed E-state index contributed by atoms with van der Waals surface area (Å²) in [6.45, 7) is -0.0285. The first kappa shape index (κ1) is 20.7. The molecule has 0 unspecified atom stereocenters. The van der Waals surface area contributed by atoms with Gasteiger partial charge in [0.15, 0.2) is 15.6 Å². The standard InChI is InChI=1S/C21H19ClN2O4S/c1-29(26,27)18-10-8-16(9-11-18)24-21(25)14-23-19-13-15(22)7-12-20(19)28-17-5-3-2-4-6-17/h2-13,23H,14H2,1H3,(H,24,25). The van der Waals surface area contributed by atoms with Gasteiger partial charge in [0.1, 0.15) is 5.75 Å². The average molecular weight is 431 g/mol. The number of hydrogen-bond donors (Lipinski definition) is 2. The summed E-state index contributed by atoms with van der Waals surface area (Å²) < 4.78 is 28.8. The lowest BCUT2D eigenvalue weighted by Gasteiger charge is -2.14. The summed E-state index contributed by atoms with van der Waals surface area (Å²) in [6.07, 6.45) is 1.13. The Labute approximate surface area is 174 Å². The minimum Gasteiger partial charge on any atom is -0.455 e. The number of anilines is 2. The number of halogens is 1. The molecule has 0 aliphatic rings. The molecule has 0 radical (unpaired) electrons. The Kier molecular flexibility index (Phi) is 6.41. The monoisotopic (exact) mass is 430 g/mol. The van der Waals surface area contributed by atoms with Gasteiger partial charge in [-0.15, -0.1) is 0 Å². The maximum absolute atomic E-state index is 12.3. The van der Waals surface area contributed by atoms with E-state index in [2.05, 4.69) is 10.6 Å². The van der Waals surface area contributed by atoms with E-state index >= 15 is 0 Å². The van der Waals surface area contributed by atoms with Gasteiger partial charge in [0.05, 0.1) is 17.1 Å². The second kappa shape index (κ2) is 8.98. The zero-order chi connectivity index (χ0) is 20.9. The molecule has 29 heavy (non-hydrogen) atoms. The highest BCUT2D eigenvalue weighted by Gasteiger charge is 2.10. The lowest BCUT2D eigenvalue weighted by Crippen LogP contribution is -2.22. The summed E-state index contributed by atoms with van der Waals surface area (Å²) in [6, 6.07) is 20.3. The molecule has 0 spiro atoms. The average Bonchev–Trinajstić information content (AvgIpc) is 2.69. The van der Waals surface area contributed by atoms with Crippen molar-refractivity contribution in [1.82, 2.24) is 0 Å². The molecule has 6 nitrogen and oxygen atoms in total. The van der Waals surface area contributed by atoms with E-state index in [4.69, 9.17) is 16.3 Å². The van der Waals surface area contributed by atoms with Gasteiger partial charge in [-0.05, 0) is 54.6 Å². The van der Waals surface area contributed by atoms with Crippen LogP contribution in [0.15, 0.2) is 77.7 Å². The molecule has 1 amide bonds. The number of sulfone groups is 1. The Morgan fingerprint density at radius 2 is 1.69 bits per heavy atom. The van der Waals surface area contributed by atoms with Gasteiger partial charge in [0, 0.05) is 17.0 Å². The highest BCUT2D eigenvalue weighted by Crippen LogP contribution is 2.31. The SMILES string of the molecule is CS(=O)(=O)c1ccc(NC(=O)CNc2cc(Cl)ccc2Oc2ccccc2)cc1. The zero-order valence-corrected chi connectivity index (χ0v) is 17.1. The van der Waals surface area contributed by atoms with Crippen LogP contribution in [0.1, 0.15) is 0 Å². The fraction of sp³-hybridized carbons (Fsp3) is 0.0952. The predicted molar refractivity (Wildman–Crippen MR) is 115 cm³/mol. The van der Waals surface area contributed by atoms with Crippen molar-refractivity contribution in [2.75, 3.05) is 23.4 Å². The van der Waals surface area contributed by atoms with Crippen LogP contribution in [0.3, 0.4) is 0 Å². The third kappa shape index (κ3) is 5.97. The highest BCUT2D eigenvalue weighted by atomic mass is 35.5. The van der Waals surface area contributed by atoms with Crippen molar-refractivity contribution in [1.29, 1.82) is 0 Å². The minimum atomic E-state index is -3.28. The lowest BCUT2D eigenvalue weighted by atomic mass is 10.2. The molecule has 3 aromatic rings. The topological polar surface area (TPSA) is 84.5 Å². The normalized spacial score (nSPS) is 11.0. The van der Waals surface area contributed by atoms with E-state index in [1.165, 1.54) is 24.3 Å². The van der Waals surface area contributed by atoms with Crippen LogP contribution in [0.2, 0.25) is 5.02 Å². The summed E-state index contributed by atoms with van der Waals surface area (Å²) in [5.41, 5.74) is 1.07. The van der Waals surface area contributed by atoms with Crippen molar-refractivity contribution < 1.29 is 17.9 Å². The number of hydrogen-bond acceptors (Lipinski definition) is 5. The van der Waals surface area contributed by atoms with E-state index in [1.54, 1.807) is 18.2 Å². The number of carbonyl (C=O) groups excluding carboxylic acids is 1. The number of nitrogens with one attached hydrogen (secondary N) is 2. The van der Waals surface area contributed by atoms with E-state index in [1.807, 2.05) is 30.3 Å². The number of carbonyl (C=O) groups is 1. The molecule has 3 aromatic carbocycles. The maximum atomic E-state index is 12.3. The van der Waals surface area contributed by atoms with Crippen LogP contribution in [0.25, 0.3) is 0 Å². The summed E-state index contributed by atoms with van der Waals surface area (Å²) in [5.74, 6) is 0.891. The molecule has 0 aromatic heterocycles. The number of amides is 1. The molecule has 0 saturated heterocycles. The molecule has 0 heterocycles. The Hall–Kier alpha value is -3.03. The Morgan fingerprint density at radius 3 is 2.34 bits per heavy atom. The van der Waals surface area contributed by atoms with Crippen LogP contribution < -0.4 is 15.4 Å². The fourth-order valence-electron chi connectivity index (χ4n) is 2.51. The molecule has 0 atom stereocenters. The van der Waals surface area contributed by atoms with Crippen molar-refractivity contribution in [3.8, 4) is 11.5 Å². The fourth-order valence-corrected chi connectivity index (χ4v) is 3.31. The summed E-state index contributed by atoms with van der Waals surface area (Å²) in [7, 11) is -3.28. The second-order valence-corrected chi connectivity index (χ2v) is 8.71. The Bertz CT molecular complexity index is 1100. The van der Waals surface area contributed by atoms with Crippen LogP contribution in [0.4, 0.5) is 11.4 Å². The Morgan fingerprint density at radius 1 is 1.00 bits per heavy atom. The van der Waals surface area contributed by atoms with Crippen molar-refractivity contribution in [2.24, 2.45) is 0 Å². The summed E-state index contributed by atoms with van der Waals surface area (Å²) in [4.78, 5) is 12.4. The first-order chi connectivity index (χ1) is 13.8. The summed E-state index contributed by atoms with van der Waals surface area (Å²) >= 11 is 6.07. The number of para-hydroxylation sites is 1. The van der Waals surface area contributed by atoms with Crippen molar-refractivity contribution >= 4 is 38.7 Å². The quantitative estimate of drug-likeness (QED) is 0.572. The first-order valence-corrected chi connectivity index (χ1v) is 10.9. The molecule has 8 heteroatoms. The third-order valence-corrected chi connectivity index (χ3v) is 5.28. The van der Waals surface area contributed by atoms with Gasteiger partial charge in [-0.3, -0.25) is 4.79 Å². The van der Waals surface area contributed by atoms with Gasteiger partial charge in [-0.2, -0.15) is 0 Å². The lowest BCUT2D eigenvalue weighted by molar-refractivity contribution is -0.114. The van der Waals surface area contributed by atoms with E-state index in [9.17, 15) is 13.2 Å². The van der Waals surface area contributed by atoms with Crippen LogP contribution in [-0.2, 0) is 14.6 Å². The molecule has 3 rings (SSSR count). The van der Waals surface area contributed by atoms with Crippen LogP contribution in [-0.4, -0.2) is 27.1 Å². The number of rotatable bonds is 7. The molecule has 0 aliphatic heterocycles. The molecular formula is C21H19ClN2O4S. The van der Waals surface area contributed by atoms with Gasteiger partial charge in [-0.25, -0.2) is 8.42 Å².